The van der Waals surface area contributed by atoms with Crippen molar-refractivity contribution in [2.45, 2.75) is 37.6 Å². The number of aryl methyl sites for hydroxylation is 2. The van der Waals surface area contributed by atoms with Gasteiger partial charge in [-0.1, -0.05) is 54.5 Å². The number of benzene rings is 2. The van der Waals surface area contributed by atoms with Crippen molar-refractivity contribution in [1.29, 1.82) is 0 Å². The van der Waals surface area contributed by atoms with E-state index in [1.54, 1.807) is 18.2 Å². The predicted molar refractivity (Wildman–Crippen MR) is 117 cm³/mol. The summed E-state index contributed by atoms with van der Waals surface area (Å²) in [6.45, 7) is 2.20. The second kappa shape index (κ2) is 9.84. The first kappa shape index (κ1) is 22.6. The van der Waals surface area contributed by atoms with Crippen LogP contribution in [0.2, 0.25) is 0 Å². The highest BCUT2D eigenvalue weighted by Gasteiger charge is 2.21. The Morgan fingerprint density at radius 3 is 2.48 bits per heavy atom. The fourth-order valence-electron chi connectivity index (χ4n) is 2.96. The first-order chi connectivity index (χ1) is 14.8. The van der Waals surface area contributed by atoms with Gasteiger partial charge < -0.3 is 9.84 Å². The highest BCUT2D eigenvalue weighted by atomic mass is 32.2. The van der Waals surface area contributed by atoms with Crippen LogP contribution in [-0.4, -0.2) is 42.9 Å². The summed E-state index contributed by atoms with van der Waals surface area (Å²) in [6, 6.07) is 14.5. The van der Waals surface area contributed by atoms with Gasteiger partial charge in [-0.15, -0.1) is 0 Å². The average Bonchev–Trinajstić information content (AvgIpc) is 3.25. The van der Waals surface area contributed by atoms with Crippen molar-refractivity contribution in [3.8, 4) is 11.4 Å². The zero-order chi connectivity index (χ0) is 22.4. The standard InChI is InChI=1S/C22H26N4O4S/c1-4-16-9-11-17(12-10-16)22-24-21(30-25-22)14-13-20(27)23-15-18-7-5-6-8-19(18)31(28,29)26(2)3/h5-12H,4,13-15H2,1-3H3,(H,23,27). The van der Waals surface area contributed by atoms with E-state index in [4.69, 9.17) is 4.52 Å². The van der Waals surface area contributed by atoms with E-state index in [0.717, 1.165) is 16.3 Å². The molecule has 3 rings (SSSR count). The number of rotatable bonds is 9. The van der Waals surface area contributed by atoms with E-state index in [9.17, 15) is 13.2 Å². The minimum absolute atomic E-state index is 0.112. The molecule has 9 heteroatoms. The lowest BCUT2D eigenvalue weighted by Crippen LogP contribution is -2.27. The third-order valence-corrected chi connectivity index (χ3v) is 6.78. The third kappa shape index (κ3) is 5.56. The van der Waals surface area contributed by atoms with Gasteiger partial charge in [0.2, 0.25) is 27.6 Å². The largest absolute Gasteiger partial charge is 0.352 e. The quantitative estimate of drug-likeness (QED) is 0.546. The van der Waals surface area contributed by atoms with Crippen molar-refractivity contribution >= 4 is 15.9 Å². The fourth-order valence-corrected chi connectivity index (χ4v) is 4.08. The summed E-state index contributed by atoms with van der Waals surface area (Å²) in [6.07, 6.45) is 1.40. The van der Waals surface area contributed by atoms with Crippen molar-refractivity contribution in [3.63, 3.8) is 0 Å². The number of hydrogen-bond donors (Lipinski definition) is 1. The Balaban J connectivity index is 1.57. The summed E-state index contributed by atoms with van der Waals surface area (Å²) < 4.78 is 31.3. The van der Waals surface area contributed by atoms with E-state index < -0.39 is 10.0 Å². The molecule has 0 spiro atoms. The van der Waals surface area contributed by atoms with Gasteiger partial charge in [0.05, 0.1) is 4.90 Å². The lowest BCUT2D eigenvalue weighted by atomic mass is 10.1. The highest BCUT2D eigenvalue weighted by Crippen LogP contribution is 2.19. The van der Waals surface area contributed by atoms with E-state index in [-0.39, 0.29) is 23.8 Å². The number of hydrogen-bond acceptors (Lipinski definition) is 6. The van der Waals surface area contributed by atoms with E-state index in [1.807, 2.05) is 24.3 Å². The van der Waals surface area contributed by atoms with Crippen LogP contribution in [0.1, 0.15) is 30.4 Å². The maximum atomic E-state index is 12.4. The number of sulfonamides is 1. The number of carbonyl (C=O) groups excluding carboxylic acids is 1. The molecular formula is C22H26N4O4S. The lowest BCUT2D eigenvalue weighted by molar-refractivity contribution is -0.121. The summed E-state index contributed by atoms with van der Waals surface area (Å²) in [4.78, 5) is 16.8. The van der Waals surface area contributed by atoms with E-state index in [1.165, 1.54) is 25.7 Å². The molecule has 1 heterocycles. The molecule has 0 unspecified atom stereocenters. The summed E-state index contributed by atoms with van der Waals surface area (Å²) in [7, 11) is -0.643. The lowest BCUT2D eigenvalue weighted by Gasteiger charge is -2.15. The van der Waals surface area contributed by atoms with Gasteiger partial charge in [0.25, 0.3) is 0 Å². The number of carbonyl (C=O) groups is 1. The Hall–Kier alpha value is -3.04. The molecule has 0 saturated carbocycles. The van der Waals surface area contributed by atoms with Crippen LogP contribution in [0.5, 0.6) is 0 Å². The summed E-state index contributed by atoms with van der Waals surface area (Å²) in [5.74, 6) is 0.630. The van der Waals surface area contributed by atoms with Crippen molar-refractivity contribution in [3.05, 3.63) is 65.5 Å². The maximum absolute atomic E-state index is 12.4. The van der Waals surface area contributed by atoms with Crippen molar-refractivity contribution in [1.82, 2.24) is 19.8 Å². The third-order valence-electron chi connectivity index (χ3n) is 4.86. The van der Waals surface area contributed by atoms with Crippen LogP contribution in [0.3, 0.4) is 0 Å². The first-order valence-electron chi connectivity index (χ1n) is 10.00. The Morgan fingerprint density at radius 2 is 1.81 bits per heavy atom. The van der Waals surface area contributed by atoms with Crippen LogP contribution in [0.25, 0.3) is 11.4 Å². The molecular weight excluding hydrogens is 416 g/mol. The van der Waals surface area contributed by atoms with E-state index >= 15 is 0 Å². The zero-order valence-electron chi connectivity index (χ0n) is 17.8. The summed E-state index contributed by atoms with van der Waals surface area (Å²) in [5.41, 5.74) is 2.61. The van der Waals surface area contributed by atoms with Gasteiger partial charge in [0.1, 0.15) is 0 Å². The van der Waals surface area contributed by atoms with Crippen LogP contribution in [0, 0.1) is 0 Å². The Labute approximate surface area is 182 Å². The Morgan fingerprint density at radius 1 is 1.10 bits per heavy atom. The fraction of sp³-hybridized carbons (Fsp3) is 0.318. The molecule has 8 nitrogen and oxygen atoms in total. The molecule has 0 radical (unpaired) electrons. The molecule has 1 aromatic heterocycles. The monoisotopic (exact) mass is 442 g/mol. The molecule has 164 valence electrons. The van der Waals surface area contributed by atoms with Gasteiger partial charge >= 0.3 is 0 Å². The van der Waals surface area contributed by atoms with Gasteiger partial charge in [-0.2, -0.15) is 4.98 Å². The van der Waals surface area contributed by atoms with Crippen LogP contribution in [0.4, 0.5) is 0 Å². The molecule has 2 aromatic carbocycles. The molecule has 0 bridgehead atoms. The Kier molecular flexibility index (Phi) is 7.19. The number of nitrogens with zero attached hydrogens (tertiary/aromatic N) is 3. The molecule has 0 aliphatic heterocycles. The number of nitrogens with one attached hydrogen (secondary N) is 1. The minimum atomic E-state index is -3.59. The second-order valence-electron chi connectivity index (χ2n) is 7.23. The van der Waals surface area contributed by atoms with Crippen LogP contribution >= 0.6 is 0 Å². The molecule has 0 aliphatic carbocycles. The molecule has 0 saturated heterocycles. The first-order valence-corrected chi connectivity index (χ1v) is 11.4. The highest BCUT2D eigenvalue weighted by molar-refractivity contribution is 7.89. The SMILES string of the molecule is CCc1ccc(-c2noc(CCC(=O)NCc3ccccc3S(=O)(=O)N(C)C)n2)cc1. The van der Waals surface area contributed by atoms with Gasteiger partial charge in [-0.3, -0.25) is 4.79 Å². The van der Waals surface area contributed by atoms with Crippen LogP contribution in [-0.2, 0) is 34.2 Å². The molecule has 0 atom stereocenters. The smallest absolute Gasteiger partial charge is 0.242 e. The van der Waals surface area contributed by atoms with Crippen molar-refractivity contribution < 1.29 is 17.7 Å². The van der Waals surface area contributed by atoms with Crippen LogP contribution < -0.4 is 5.32 Å². The maximum Gasteiger partial charge on any atom is 0.242 e. The zero-order valence-corrected chi connectivity index (χ0v) is 18.6. The number of aromatic nitrogens is 2. The van der Waals surface area contributed by atoms with Gasteiger partial charge in [-0.25, -0.2) is 12.7 Å². The predicted octanol–water partition coefficient (Wildman–Crippen LogP) is 2.80. The van der Waals surface area contributed by atoms with Gasteiger partial charge in [-0.05, 0) is 23.6 Å². The molecule has 31 heavy (non-hydrogen) atoms. The second-order valence-corrected chi connectivity index (χ2v) is 9.35. The Bertz CT molecular complexity index is 1140. The molecule has 3 aromatic rings. The molecule has 0 aliphatic rings. The van der Waals surface area contributed by atoms with Crippen LogP contribution in [0.15, 0.2) is 57.9 Å². The topological polar surface area (TPSA) is 105 Å². The van der Waals surface area contributed by atoms with E-state index in [0.29, 0.717) is 23.7 Å². The van der Waals surface area contributed by atoms with Gasteiger partial charge in [0, 0.05) is 39.0 Å². The summed E-state index contributed by atoms with van der Waals surface area (Å²) >= 11 is 0. The number of amides is 1. The van der Waals surface area contributed by atoms with Gasteiger partial charge in [0.15, 0.2) is 0 Å². The molecule has 1 amide bonds. The summed E-state index contributed by atoms with van der Waals surface area (Å²) in [5, 5.41) is 6.74. The van der Waals surface area contributed by atoms with E-state index in [2.05, 4.69) is 22.4 Å². The normalized spacial score (nSPS) is 11.6. The molecule has 1 N–H and O–H groups in total. The van der Waals surface area contributed by atoms with Crippen molar-refractivity contribution in [2.75, 3.05) is 14.1 Å². The van der Waals surface area contributed by atoms with Crippen molar-refractivity contribution in [2.24, 2.45) is 0 Å². The molecule has 0 fully saturated rings. The minimum Gasteiger partial charge on any atom is -0.352 e. The average molecular weight is 443 g/mol.